The summed E-state index contributed by atoms with van der Waals surface area (Å²) in [6.45, 7) is 1.85. The summed E-state index contributed by atoms with van der Waals surface area (Å²) in [6, 6.07) is 7.96. The summed E-state index contributed by atoms with van der Waals surface area (Å²) in [5, 5.41) is 2.14. The van der Waals surface area contributed by atoms with E-state index in [-0.39, 0.29) is 0 Å². The van der Waals surface area contributed by atoms with Crippen LogP contribution < -0.4 is 0 Å². The average Bonchev–Trinajstić information content (AvgIpc) is 2.65. The molecule has 84 valence electrons. The Morgan fingerprint density at radius 2 is 2.12 bits per heavy atom. The number of halogens is 1. The molecule has 2 heterocycles. The van der Waals surface area contributed by atoms with E-state index in [4.69, 9.17) is 0 Å². The van der Waals surface area contributed by atoms with Crippen LogP contribution in [0.2, 0.25) is 0 Å². The molecule has 0 aliphatic carbocycles. The lowest BCUT2D eigenvalue weighted by Gasteiger charge is -2.02. The Morgan fingerprint density at radius 1 is 1.29 bits per heavy atom. The normalized spacial score (nSPS) is 11.2. The molecule has 0 spiro atoms. The van der Waals surface area contributed by atoms with Crippen molar-refractivity contribution in [2.45, 2.75) is 6.92 Å². The molecule has 17 heavy (non-hydrogen) atoms. The zero-order valence-electron chi connectivity index (χ0n) is 9.14. The molecule has 1 aromatic carbocycles. The largest absolute Gasteiger partial charge is 0.297 e. The van der Waals surface area contributed by atoms with Gasteiger partial charge in [0.15, 0.2) is 6.29 Å². The molecule has 0 N–H and O–H groups in total. The van der Waals surface area contributed by atoms with Crippen molar-refractivity contribution in [3.05, 3.63) is 46.3 Å². The van der Waals surface area contributed by atoms with Gasteiger partial charge in [-0.05, 0) is 19.1 Å². The number of hydrogen-bond acceptors (Lipinski definition) is 2. The summed E-state index contributed by atoms with van der Waals surface area (Å²) >= 11 is 3.52. The fourth-order valence-corrected chi connectivity index (χ4v) is 2.59. The number of fused-ring (bicyclic) bond motifs is 3. The van der Waals surface area contributed by atoms with Crippen molar-refractivity contribution in [3.63, 3.8) is 0 Å². The maximum absolute atomic E-state index is 11.0. The maximum Gasteiger partial charge on any atom is 0.168 e. The number of hydrogen-bond donors (Lipinski definition) is 0. The minimum absolute atomic E-state index is 0.613. The van der Waals surface area contributed by atoms with E-state index >= 15 is 0 Å². The van der Waals surface area contributed by atoms with Gasteiger partial charge in [0.1, 0.15) is 11.3 Å². The molecule has 0 aliphatic rings. The van der Waals surface area contributed by atoms with Crippen LogP contribution in [0.15, 0.2) is 34.9 Å². The highest BCUT2D eigenvalue weighted by Gasteiger charge is 2.10. The highest BCUT2D eigenvalue weighted by atomic mass is 79.9. The molecule has 0 saturated carbocycles. The first-order chi connectivity index (χ1) is 8.22. The van der Waals surface area contributed by atoms with Gasteiger partial charge in [-0.2, -0.15) is 0 Å². The third-order valence-electron chi connectivity index (χ3n) is 2.93. The van der Waals surface area contributed by atoms with Gasteiger partial charge in [-0.3, -0.25) is 9.20 Å². The smallest absolute Gasteiger partial charge is 0.168 e. The molecule has 0 atom stereocenters. The van der Waals surface area contributed by atoms with Gasteiger partial charge in [0.2, 0.25) is 0 Å². The summed E-state index contributed by atoms with van der Waals surface area (Å²) in [6.07, 6.45) is 2.73. The number of aryl methyl sites for hydroxylation is 1. The van der Waals surface area contributed by atoms with Crippen LogP contribution in [0.5, 0.6) is 0 Å². The first-order valence-corrected chi connectivity index (χ1v) is 6.03. The van der Waals surface area contributed by atoms with Gasteiger partial charge >= 0.3 is 0 Å². The number of rotatable bonds is 1. The van der Waals surface area contributed by atoms with Crippen molar-refractivity contribution >= 4 is 38.6 Å². The minimum atomic E-state index is 0.613. The number of benzene rings is 1. The molecule has 3 rings (SSSR count). The van der Waals surface area contributed by atoms with E-state index in [2.05, 4.69) is 20.9 Å². The summed E-state index contributed by atoms with van der Waals surface area (Å²) in [5.41, 5.74) is 2.19. The Balaban J connectivity index is 2.57. The number of pyridine rings is 1. The van der Waals surface area contributed by atoms with Gasteiger partial charge in [0.25, 0.3) is 0 Å². The average molecular weight is 289 g/mol. The lowest BCUT2D eigenvalue weighted by molar-refractivity contribution is 0.111. The van der Waals surface area contributed by atoms with Crippen LogP contribution >= 0.6 is 15.9 Å². The molecular weight excluding hydrogens is 280 g/mol. The van der Waals surface area contributed by atoms with Crippen LogP contribution in [0.3, 0.4) is 0 Å². The third kappa shape index (κ3) is 1.41. The lowest BCUT2D eigenvalue weighted by Crippen LogP contribution is -1.92. The van der Waals surface area contributed by atoms with Gasteiger partial charge < -0.3 is 0 Å². The van der Waals surface area contributed by atoms with Crippen molar-refractivity contribution in [2.24, 2.45) is 0 Å². The standard InChI is InChI=1S/C13H9BrN2O/c1-8-12(7-17)16-6-5-9-10(13(16)15-8)3-2-4-11(9)14/h2-7H,1H3. The highest BCUT2D eigenvalue weighted by Crippen LogP contribution is 2.27. The van der Waals surface area contributed by atoms with Crippen LogP contribution in [0.4, 0.5) is 0 Å². The Kier molecular flexibility index (Phi) is 2.26. The first kappa shape index (κ1) is 10.5. The van der Waals surface area contributed by atoms with Crippen LogP contribution in [0, 0.1) is 6.92 Å². The van der Waals surface area contributed by atoms with Gasteiger partial charge in [-0.25, -0.2) is 4.98 Å². The quantitative estimate of drug-likeness (QED) is 0.644. The number of aldehydes is 1. The first-order valence-electron chi connectivity index (χ1n) is 5.23. The Morgan fingerprint density at radius 3 is 2.88 bits per heavy atom. The molecule has 0 saturated heterocycles. The van der Waals surface area contributed by atoms with Crippen LogP contribution in [0.1, 0.15) is 16.2 Å². The maximum atomic E-state index is 11.0. The predicted octanol–water partition coefficient (Wildman–Crippen LogP) is 3.37. The van der Waals surface area contributed by atoms with Crippen molar-refractivity contribution in [1.29, 1.82) is 0 Å². The zero-order chi connectivity index (χ0) is 12.0. The van der Waals surface area contributed by atoms with Crippen molar-refractivity contribution in [3.8, 4) is 0 Å². The predicted molar refractivity (Wildman–Crippen MR) is 70.5 cm³/mol. The number of imidazole rings is 1. The van der Waals surface area contributed by atoms with Gasteiger partial charge in [-0.1, -0.05) is 28.1 Å². The lowest BCUT2D eigenvalue weighted by atomic mass is 10.2. The van der Waals surface area contributed by atoms with Crippen molar-refractivity contribution in [1.82, 2.24) is 9.38 Å². The molecule has 0 radical (unpaired) electrons. The molecule has 0 fully saturated rings. The summed E-state index contributed by atoms with van der Waals surface area (Å²) < 4.78 is 2.86. The fourth-order valence-electron chi connectivity index (χ4n) is 2.09. The monoisotopic (exact) mass is 288 g/mol. The molecule has 0 bridgehead atoms. The second-order valence-corrected chi connectivity index (χ2v) is 4.77. The summed E-state index contributed by atoms with van der Waals surface area (Å²) in [5.74, 6) is 0. The van der Waals surface area contributed by atoms with Gasteiger partial charge in [-0.15, -0.1) is 0 Å². The highest BCUT2D eigenvalue weighted by molar-refractivity contribution is 9.10. The van der Waals surface area contributed by atoms with E-state index in [1.807, 2.05) is 41.8 Å². The van der Waals surface area contributed by atoms with E-state index in [1.54, 1.807) is 0 Å². The third-order valence-corrected chi connectivity index (χ3v) is 3.62. The number of carbonyl (C=O) groups is 1. The van der Waals surface area contributed by atoms with E-state index in [9.17, 15) is 4.79 Å². The molecule has 3 nitrogen and oxygen atoms in total. The number of aromatic nitrogens is 2. The Labute approximate surface area is 106 Å². The topological polar surface area (TPSA) is 34.4 Å². The fraction of sp³-hybridized carbons (Fsp3) is 0.0769. The summed E-state index contributed by atoms with van der Waals surface area (Å²) in [7, 11) is 0. The molecule has 2 aromatic heterocycles. The number of nitrogens with zero attached hydrogens (tertiary/aromatic N) is 2. The Hall–Kier alpha value is -1.68. The Bertz CT molecular complexity index is 746. The van der Waals surface area contributed by atoms with E-state index < -0.39 is 0 Å². The molecular formula is C13H9BrN2O. The summed E-state index contributed by atoms with van der Waals surface area (Å²) in [4.78, 5) is 15.5. The molecule has 3 aromatic rings. The second-order valence-electron chi connectivity index (χ2n) is 3.91. The van der Waals surface area contributed by atoms with Gasteiger partial charge in [0, 0.05) is 21.4 Å². The van der Waals surface area contributed by atoms with Crippen molar-refractivity contribution < 1.29 is 4.79 Å². The zero-order valence-corrected chi connectivity index (χ0v) is 10.7. The van der Waals surface area contributed by atoms with E-state index in [1.165, 1.54) is 0 Å². The van der Waals surface area contributed by atoms with Crippen LogP contribution in [-0.4, -0.2) is 15.7 Å². The van der Waals surface area contributed by atoms with E-state index in [0.717, 1.165) is 32.9 Å². The van der Waals surface area contributed by atoms with Crippen LogP contribution in [-0.2, 0) is 0 Å². The second kappa shape index (κ2) is 3.67. The minimum Gasteiger partial charge on any atom is -0.297 e. The van der Waals surface area contributed by atoms with Crippen molar-refractivity contribution in [2.75, 3.05) is 0 Å². The molecule has 0 aliphatic heterocycles. The SMILES string of the molecule is Cc1nc2c3cccc(Br)c3ccn2c1C=O. The van der Waals surface area contributed by atoms with E-state index in [0.29, 0.717) is 5.69 Å². The number of carbonyl (C=O) groups excluding carboxylic acids is 1. The van der Waals surface area contributed by atoms with Crippen LogP contribution in [0.25, 0.3) is 16.4 Å². The van der Waals surface area contributed by atoms with Gasteiger partial charge in [0.05, 0.1) is 5.69 Å². The molecule has 0 unspecified atom stereocenters. The molecule has 4 heteroatoms. The molecule has 0 amide bonds.